The molecule has 3 nitrogen and oxygen atoms in total. The van der Waals surface area contributed by atoms with Crippen LogP contribution in [0.15, 0.2) is 24.3 Å². The number of urea groups is 1. The largest absolute Gasteiger partial charge is 0.337 e. The van der Waals surface area contributed by atoms with E-state index in [2.05, 4.69) is 31.4 Å². The third kappa shape index (κ3) is 5.03. The molecule has 0 saturated carbocycles. The summed E-state index contributed by atoms with van der Waals surface area (Å²) in [6.45, 7) is 6.83. The zero-order valence-electron chi connectivity index (χ0n) is 9.80. The third-order valence-electron chi connectivity index (χ3n) is 1.88. The second kappa shape index (κ2) is 5.21. The van der Waals surface area contributed by atoms with Crippen LogP contribution in [0.1, 0.15) is 20.8 Å². The van der Waals surface area contributed by atoms with E-state index in [1.165, 1.54) is 0 Å². The van der Waals surface area contributed by atoms with E-state index in [-0.39, 0.29) is 11.4 Å². The van der Waals surface area contributed by atoms with Crippen molar-refractivity contribution in [2.45, 2.75) is 20.8 Å². The molecule has 0 aliphatic rings. The van der Waals surface area contributed by atoms with Gasteiger partial charge in [0.05, 0.1) is 0 Å². The molecule has 2 amide bonds. The van der Waals surface area contributed by atoms with Gasteiger partial charge in [-0.05, 0) is 29.7 Å². The van der Waals surface area contributed by atoms with Crippen molar-refractivity contribution in [1.82, 2.24) is 5.32 Å². The molecular weight excluding hydrogens is 224 g/mol. The van der Waals surface area contributed by atoms with E-state index in [4.69, 9.17) is 11.6 Å². The zero-order valence-corrected chi connectivity index (χ0v) is 10.6. The van der Waals surface area contributed by atoms with Gasteiger partial charge in [-0.15, -0.1) is 0 Å². The first-order chi connectivity index (χ1) is 7.37. The Kier molecular flexibility index (Phi) is 4.19. The average Bonchev–Trinajstić information content (AvgIpc) is 2.18. The Bertz CT molecular complexity index is 354. The fourth-order valence-electron chi connectivity index (χ4n) is 1.05. The monoisotopic (exact) mass is 240 g/mol. The van der Waals surface area contributed by atoms with Crippen LogP contribution in [0, 0.1) is 5.41 Å². The van der Waals surface area contributed by atoms with Crippen LogP contribution in [-0.4, -0.2) is 12.6 Å². The molecule has 4 heteroatoms. The number of anilines is 1. The molecule has 1 aromatic carbocycles. The molecule has 0 spiro atoms. The van der Waals surface area contributed by atoms with E-state index in [0.717, 1.165) is 5.69 Å². The minimum Gasteiger partial charge on any atom is -0.337 e. The Hall–Kier alpha value is -1.22. The molecule has 1 rings (SSSR count). The van der Waals surface area contributed by atoms with E-state index in [0.29, 0.717) is 11.6 Å². The first kappa shape index (κ1) is 12.8. The van der Waals surface area contributed by atoms with E-state index in [9.17, 15) is 4.79 Å². The number of carbonyl (C=O) groups excluding carboxylic acids is 1. The molecule has 0 atom stereocenters. The van der Waals surface area contributed by atoms with Gasteiger partial charge in [0.15, 0.2) is 0 Å². The number of halogens is 1. The lowest BCUT2D eigenvalue weighted by atomic mass is 9.97. The maximum Gasteiger partial charge on any atom is 0.319 e. The SMILES string of the molecule is CC(C)(C)CNC(=O)Nc1ccc(Cl)cc1. The Morgan fingerprint density at radius 3 is 2.31 bits per heavy atom. The lowest BCUT2D eigenvalue weighted by Crippen LogP contribution is -2.35. The molecule has 0 aliphatic carbocycles. The summed E-state index contributed by atoms with van der Waals surface area (Å²) < 4.78 is 0. The number of benzene rings is 1. The van der Waals surface area contributed by atoms with Crippen molar-refractivity contribution in [3.8, 4) is 0 Å². The molecule has 0 aromatic heterocycles. The van der Waals surface area contributed by atoms with Gasteiger partial charge in [0, 0.05) is 17.3 Å². The maximum absolute atomic E-state index is 11.5. The second-order valence-corrected chi connectivity index (χ2v) is 5.31. The molecule has 0 saturated heterocycles. The van der Waals surface area contributed by atoms with Gasteiger partial charge >= 0.3 is 6.03 Å². The third-order valence-corrected chi connectivity index (χ3v) is 2.13. The standard InChI is InChI=1S/C12H17ClN2O/c1-12(2,3)8-14-11(16)15-10-6-4-9(13)5-7-10/h4-7H,8H2,1-3H3,(H2,14,15,16). The van der Waals surface area contributed by atoms with Gasteiger partial charge in [-0.1, -0.05) is 32.4 Å². The topological polar surface area (TPSA) is 41.1 Å². The lowest BCUT2D eigenvalue weighted by molar-refractivity contribution is 0.247. The number of hydrogen-bond donors (Lipinski definition) is 2. The average molecular weight is 241 g/mol. The molecular formula is C12H17ClN2O. The van der Waals surface area contributed by atoms with Crippen molar-refractivity contribution < 1.29 is 4.79 Å². The van der Waals surface area contributed by atoms with E-state index < -0.39 is 0 Å². The van der Waals surface area contributed by atoms with Crippen LogP contribution < -0.4 is 10.6 Å². The molecule has 0 unspecified atom stereocenters. The molecule has 2 N–H and O–H groups in total. The molecule has 16 heavy (non-hydrogen) atoms. The van der Waals surface area contributed by atoms with E-state index >= 15 is 0 Å². The molecule has 0 heterocycles. The number of rotatable bonds is 2. The number of amides is 2. The Balaban J connectivity index is 2.43. The smallest absolute Gasteiger partial charge is 0.319 e. The van der Waals surface area contributed by atoms with Gasteiger partial charge in [0.2, 0.25) is 0 Å². The van der Waals surface area contributed by atoms with Gasteiger partial charge < -0.3 is 10.6 Å². The maximum atomic E-state index is 11.5. The highest BCUT2D eigenvalue weighted by Crippen LogP contribution is 2.13. The first-order valence-corrected chi connectivity index (χ1v) is 5.55. The first-order valence-electron chi connectivity index (χ1n) is 5.17. The van der Waals surface area contributed by atoms with Gasteiger partial charge in [-0.3, -0.25) is 0 Å². The molecule has 0 fully saturated rings. The van der Waals surface area contributed by atoms with Gasteiger partial charge in [0.1, 0.15) is 0 Å². The fourth-order valence-corrected chi connectivity index (χ4v) is 1.18. The quantitative estimate of drug-likeness (QED) is 0.816. The van der Waals surface area contributed by atoms with Crippen LogP contribution in [0.2, 0.25) is 5.02 Å². The van der Waals surface area contributed by atoms with Crippen molar-refractivity contribution in [1.29, 1.82) is 0 Å². The van der Waals surface area contributed by atoms with Crippen molar-refractivity contribution >= 4 is 23.3 Å². The summed E-state index contributed by atoms with van der Waals surface area (Å²) in [6.07, 6.45) is 0. The van der Waals surface area contributed by atoms with Crippen LogP contribution in [0.3, 0.4) is 0 Å². The van der Waals surface area contributed by atoms with Gasteiger partial charge in [-0.2, -0.15) is 0 Å². The number of hydrogen-bond acceptors (Lipinski definition) is 1. The predicted octanol–water partition coefficient (Wildman–Crippen LogP) is 3.51. The molecule has 88 valence electrons. The highest BCUT2D eigenvalue weighted by atomic mass is 35.5. The molecule has 0 bridgehead atoms. The van der Waals surface area contributed by atoms with Crippen LogP contribution in [-0.2, 0) is 0 Å². The van der Waals surface area contributed by atoms with Crippen LogP contribution in [0.5, 0.6) is 0 Å². The van der Waals surface area contributed by atoms with Crippen molar-refractivity contribution in [2.75, 3.05) is 11.9 Å². The van der Waals surface area contributed by atoms with Crippen LogP contribution >= 0.6 is 11.6 Å². The zero-order chi connectivity index (χ0) is 12.2. The van der Waals surface area contributed by atoms with E-state index in [1.54, 1.807) is 24.3 Å². The summed E-state index contributed by atoms with van der Waals surface area (Å²) in [5, 5.41) is 6.19. The summed E-state index contributed by atoms with van der Waals surface area (Å²) in [7, 11) is 0. The van der Waals surface area contributed by atoms with Crippen LogP contribution in [0.4, 0.5) is 10.5 Å². The minimum absolute atomic E-state index is 0.0807. The van der Waals surface area contributed by atoms with Crippen molar-refractivity contribution in [3.63, 3.8) is 0 Å². The Morgan fingerprint density at radius 2 is 1.81 bits per heavy atom. The molecule has 1 aromatic rings. The number of carbonyl (C=O) groups is 1. The molecule has 0 radical (unpaired) electrons. The summed E-state index contributed by atoms with van der Waals surface area (Å²) in [5.41, 5.74) is 0.813. The summed E-state index contributed by atoms with van der Waals surface area (Å²) in [5.74, 6) is 0. The van der Waals surface area contributed by atoms with Crippen molar-refractivity contribution in [2.24, 2.45) is 5.41 Å². The Labute approximate surface area is 101 Å². The summed E-state index contributed by atoms with van der Waals surface area (Å²) >= 11 is 5.74. The number of nitrogens with one attached hydrogen (secondary N) is 2. The Morgan fingerprint density at radius 1 is 1.25 bits per heavy atom. The predicted molar refractivity (Wildman–Crippen MR) is 67.9 cm³/mol. The fraction of sp³-hybridized carbons (Fsp3) is 0.417. The van der Waals surface area contributed by atoms with Crippen molar-refractivity contribution in [3.05, 3.63) is 29.3 Å². The normalized spacial score (nSPS) is 11.0. The summed E-state index contributed by atoms with van der Waals surface area (Å²) in [6, 6.07) is 6.80. The highest BCUT2D eigenvalue weighted by Gasteiger charge is 2.11. The summed E-state index contributed by atoms with van der Waals surface area (Å²) in [4.78, 5) is 11.5. The highest BCUT2D eigenvalue weighted by molar-refractivity contribution is 6.30. The van der Waals surface area contributed by atoms with Gasteiger partial charge in [0.25, 0.3) is 0 Å². The molecule has 0 aliphatic heterocycles. The van der Waals surface area contributed by atoms with Crippen LogP contribution in [0.25, 0.3) is 0 Å². The van der Waals surface area contributed by atoms with Gasteiger partial charge in [-0.25, -0.2) is 4.79 Å². The lowest BCUT2D eigenvalue weighted by Gasteiger charge is -2.18. The van der Waals surface area contributed by atoms with E-state index in [1.807, 2.05) is 0 Å². The minimum atomic E-state index is -0.197. The second-order valence-electron chi connectivity index (χ2n) is 4.88.